The first-order chi connectivity index (χ1) is 8.90. The average molecular weight is 270 g/mol. The SMILES string of the molecule is CCC(C(C)(O)C1=NCCO1)C(C)(O)C1=NCCO1. The van der Waals surface area contributed by atoms with Crippen molar-refractivity contribution in [1.29, 1.82) is 0 Å². The highest BCUT2D eigenvalue weighted by molar-refractivity contribution is 5.90. The third-order valence-corrected chi connectivity index (χ3v) is 3.80. The molecular formula is C13H22N2O4. The summed E-state index contributed by atoms with van der Waals surface area (Å²) in [4.78, 5) is 8.34. The first-order valence-corrected chi connectivity index (χ1v) is 6.71. The molecule has 0 amide bonds. The maximum absolute atomic E-state index is 10.7. The van der Waals surface area contributed by atoms with Crippen LogP contribution in [0.15, 0.2) is 9.98 Å². The molecular weight excluding hydrogens is 248 g/mol. The molecule has 2 atom stereocenters. The summed E-state index contributed by atoms with van der Waals surface area (Å²) in [7, 11) is 0. The van der Waals surface area contributed by atoms with Gasteiger partial charge in [0.05, 0.1) is 13.1 Å². The van der Waals surface area contributed by atoms with Crippen molar-refractivity contribution in [3.63, 3.8) is 0 Å². The Morgan fingerprint density at radius 3 is 1.74 bits per heavy atom. The van der Waals surface area contributed by atoms with Crippen LogP contribution < -0.4 is 0 Å². The molecule has 6 nitrogen and oxygen atoms in total. The van der Waals surface area contributed by atoms with Crippen LogP contribution in [-0.2, 0) is 9.47 Å². The van der Waals surface area contributed by atoms with Gasteiger partial charge in [0.25, 0.3) is 0 Å². The Morgan fingerprint density at radius 2 is 1.47 bits per heavy atom. The van der Waals surface area contributed by atoms with Crippen molar-refractivity contribution >= 4 is 11.8 Å². The zero-order valence-corrected chi connectivity index (χ0v) is 11.7. The molecule has 0 saturated heterocycles. The van der Waals surface area contributed by atoms with Gasteiger partial charge in [0.1, 0.15) is 24.4 Å². The second kappa shape index (κ2) is 5.09. The molecule has 0 aliphatic carbocycles. The van der Waals surface area contributed by atoms with Crippen molar-refractivity contribution in [2.75, 3.05) is 26.3 Å². The summed E-state index contributed by atoms with van der Waals surface area (Å²) in [6.07, 6.45) is 0.546. The molecule has 0 saturated carbocycles. The van der Waals surface area contributed by atoms with E-state index in [1.165, 1.54) is 0 Å². The van der Waals surface area contributed by atoms with Crippen molar-refractivity contribution in [2.45, 2.75) is 38.4 Å². The molecule has 2 rings (SSSR count). The van der Waals surface area contributed by atoms with Gasteiger partial charge < -0.3 is 19.7 Å². The summed E-state index contributed by atoms with van der Waals surface area (Å²) in [6.45, 7) is 7.18. The quantitative estimate of drug-likeness (QED) is 0.756. The third-order valence-electron chi connectivity index (χ3n) is 3.80. The van der Waals surface area contributed by atoms with Crippen molar-refractivity contribution < 1.29 is 19.7 Å². The fourth-order valence-electron chi connectivity index (χ4n) is 2.92. The number of hydrogen-bond acceptors (Lipinski definition) is 6. The van der Waals surface area contributed by atoms with E-state index in [-0.39, 0.29) is 0 Å². The van der Waals surface area contributed by atoms with Crippen molar-refractivity contribution in [3.8, 4) is 0 Å². The van der Waals surface area contributed by atoms with Crippen LogP contribution in [-0.4, -0.2) is 59.5 Å². The van der Waals surface area contributed by atoms with Crippen LogP contribution in [0.1, 0.15) is 27.2 Å². The minimum absolute atomic E-state index is 0.290. The van der Waals surface area contributed by atoms with E-state index in [0.29, 0.717) is 44.5 Å². The van der Waals surface area contributed by atoms with E-state index < -0.39 is 17.1 Å². The lowest BCUT2D eigenvalue weighted by Crippen LogP contribution is -2.56. The molecule has 2 heterocycles. The van der Waals surface area contributed by atoms with E-state index in [9.17, 15) is 10.2 Å². The van der Waals surface area contributed by atoms with E-state index in [4.69, 9.17) is 9.47 Å². The number of rotatable bonds is 5. The standard InChI is InChI=1S/C13H22N2O4/c1-4-9(12(2,16)10-14-5-7-18-10)13(3,17)11-15-6-8-19-11/h9,16-17H,4-8H2,1-3H3. The lowest BCUT2D eigenvalue weighted by Gasteiger charge is -2.40. The molecule has 108 valence electrons. The molecule has 0 radical (unpaired) electrons. The van der Waals surface area contributed by atoms with Gasteiger partial charge in [-0.05, 0) is 20.3 Å². The summed E-state index contributed by atoms with van der Waals surface area (Å²) in [5.41, 5.74) is -2.69. The van der Waals surface area contributed by atoms with E-state index >= 15 is 0 Å². The highest BCUT2D eigenvalue weighted by atomic mass is 16.5. The summed E-state index contributed by atoms with van der Waals surface area (Å²) in [5, 5.41) is 21.5. The number of aliphatic hydroxyl groups is 2. The number of hydrogen-bond donors (Lipinski definition) is 2. The Hall–Kier alpha value is -1.14. The van der Waals surface area contributed by atoms with E-state index in [2.05, 4.69) is 9.98 Å². The molecule has 6 heteroatoms. The molecule has 2 unspecified atom stereocenters. The molecule has 0 spiro atoms. The van der Waals surface area contributed by atoms with E-state index in [0.717, 1.165) is 0 Å². The topological polar surface area (TPSA) is 83.6 Å². The summed E-state index contributed by atoms with van der Waals surface area (Å²) in [6, 6.07) is 0. The fourth-order valence-corrected chi connectivity index (χ4v) is 2.92. The Labute approximate surface area is 113 Å². The van der Waals surface area contributed by atoms with Crippen LogP contribution in [0.2, 0.25) is 0 Å². The van der Waals surface area contributed by atoms with Crippen LogP contribution in [0.25, 0.3) is 0 Å². The van der Waals surface area contributed by atoms with Crippen LogP contribution in [0, 0.1) is 5.92 Å². The van der Waals surface area contributed by atoms with Gasteiger partial charge in [-0.15, -0.1) is 0 Å². The van der Waals surface area contributed by atoms with Crippen LogP contribution in [0.3, 0.4) is 0 Å². The second-order valence-electron chi connectivity index (χ2n) is 5.33. The lowest BCUT2D eigenvalue weighted by molar-refractivity contribution is -0.0566. The first kappa shape index (κ1) is 14.3. The van der Waals surface area contributed by atoms with Gasteiger partial charge in [-0.3, -0.25) is 0 Å². The summed E-state index contributed by atoms with van der Waals surface area (Å²) < 4.78 is 10.7. The van der Waals surface area contributed by atoms with E-state index in [1.807, 2.05) is 6.92 Å². The normalized spacial score (nSPS) is 26.6. The maximum Gasteiger partial charge on any atom is 0.216 e. The molecule has 0 aromatic carbocycles. The van der Waals surface area contributed by atoms with Crippen LogP contribution >= 0.6 is 0 Å². The Bertz CT molecular complexity index is 365. The summed E-state index contributed by atoms with van der Waals surface area (Å²) in [5.74, 6) is 0.0742. The van der Waals surface area contributed by atoms with Gasteiger partial charge in [0, 0.05) is 5.92 Å². The smallest absolute Gasteiger partial charge is 0.216 e. The minimum Gasteiger partial charge on any atom is -0.477 e. The highest BCUT2D eigenvalue weighted by Gasteiger charge is 2.51. The number of ether oxygens (including phenoxy) is 2. The highest BCUT2D eigenvalue weighted by Crippen LogP contribution is 2.35. The van der Waals surface area contributed by atoms with Gasteiger partial charge in [-0.2, -0.15) is 0 Å². The molecule has 19 heavy (non-hydrogen) atoms. The number of nitrogens with zero attached hydrogens (tertiary/aromatic N) is 2. The van der Waals surface area contributed by atoms with Gasteiger partial charge in [0.2, 0.25) is 11.8 Å². The largest absolute Gasteiger partial charge is 0.477 e. The zero-order chi connectivity index (χ0) is 14.1. The van der Waals surface area contributed by atoms with Crippen LogP contribution in [0.4, 0.5) is 0 Å². The maximum atomic E-state index is 10.7. The molecule has 2 aliphatic rings. The minimum atomic E-state index is -1.34. The van der Waals surface area contributed by atoms with Gasteiger partial charge in [0.15, 0.2) is 0 Å². The summed E-state index contributed by atoms with van der Waals surface area (Å²) >= 11 is 0. The zero-order valence-electron chi connectivity index (χ0n) is 11.7. The Kier molecular flexibility index (Phi) is 3.82. The average Bonchev–Trinajstić information content (AvgIpc) is 3.03. The van der Waals surface area contributed by atoms with Gasteiger partial charge >= 0.3 is 0 Å². The van der Waals surface area contributed by atoms with Gasteiger partial charge in [-0.25, -0.2) is 9.98 Å². The third kappa shape index (κ3) is 2.47. The predicted octanol–water partition coefficient (Wildman–Crippen LogP) is 0.372. The monoisotopic (exact) mass is 270 g/mol. The fraction of sp³-hybridized carbons (Fsp3) is 0.846. The van der Waals surface area contributed by atoms with Crippen molar-refractivity contribution in [1.82, 2.24) is 0 Å². The Balaban J connectivity index is 2.27. The molecule has 2 aliphatic heterocycles. The molecule has 0 aromatic heterocycles. The van der Waals surface area contributed by atoms with E-state index in [1.54, 1.807) is 13.8 Å². The Morgan fingerprint density at radius 1 is 1.05 bits per heavy atom. The molecule has 0 fully saturated rings. The molecule has 0 aromatic rings. The van der Waals surface area contributed by atoms with Crippen LogP contribution in [0.5, 0.6) is 0 Å². The second-order valence-corrected chi connectivity index (χ2v) is 5.33. The van der Waals surface area contributed by atoms with Gasteiger partial charge in [-0.1, -0.05) is 6.92 Å². The molecule has 2 N–H and O–H groups in total. The van der Waals surface area contributed by atoms with Crippen molar-refractivity contribution in [2.24, 2.45) is 15.9 Å². The number of aliphatic imine (C=N–C) groups is 2. The lowest BCUT2D eigenvalue weighted by atomic mass is 9.74. The van der Waals surface area contributed by atoms with Crippen molar-refractivity contribution in [3.05, 3.63) is 0 Å². The first-order valence-electron chi connectivity index (χ1n) is 6.71. The molecule has 0 bridgehead atoms. The predicted molar refractivity (Wildman–Crippen MR) is 71.5 cm³/mol.